The molecule has 1 aromatic heterocycles. The highest BCUT2D eigenvalue weighted by Gasteiger charge is 1.94. The van der Waals surface area contributed by atoms with E-state index in [0.29, 0.717) is 0 Å². The lowest BCUT2D eigenvalue weighted by molar-refractivity contribution is 1.41. The molecule has 0 fully saturated rings. The first-order valence-electron chi connectivity index (χ1n) is 6.04. The number of rotatable bonds is 0. The molecule has 0 radical (unpaired) electrons. The third kappa shape index (κ3) is 2.56. The van der Waals surface area contributed by atoms with Gasteiger partial charge in [0.1, 0.15) is 0 Å². The number of benzene rings is 2. The van der Waals surface area contributed by atoms with E-state index in [1.54, 1.807) is 6.20 Å². The molecule has 0 spiro atoms. The van der Waals surface area contributed by atoms with Crippen LogP contribution in [0.2, 0.25) is 0 Å². The fourth-order valence-electron chi connectivity index (χ4n) is 1.90. The van der Waals surface area contributed by atoms with Crippen LogP contribution in [0.15, 0.2) is 60.8 Å². The minimum absolute atomic E-state index is 0.729. The van der Waals surface area contributed by atoms with Crippen LogP contribution in [0.25, 0.3) is 10.9 Å². The van der Waals surface area contributed by atoms with Gasteiger partial charge in [-0.1, -0.05) is 30.0 Å². The Balaban J connectivity index is 1.98. The summed E-state index contributed by atoms with van der Waals surface area (Å²) < 4.78 is 0. The molecule has 19 heavy (non-hydrogen) atoms. The first-order valence-corrected chi connectivity index (χ1v) is 6.04. The van der Waals surface area contributed by atoms with Gasteiger partial charge in [0.15, 0.2) is 0 Å². The summed E-state index contributed by atoms with van der Waals surface area (Å²) in [5.74, 6) is 6.24. The molecule has 2 nitrogen and oxygen atoms in total. The van der Waals surface area contributed by atoms with Gasteiger partial charge in [0.25, 0.3) is 0 Å². The highest BCUT2D eigenvalue weighted by Crippen LogP contribution is 2.12. The maximum absolute atomic E-state index is 5.72. The summed E-state index contributed by atoms with van der Waals surface area (Å²) in [4.78, 5) is 4.32. The van der Waals surface area contributed by atoms with Crippen LogP contribution in [-0.4, -0.2) is 4.98 Å². The molecule has 3 rings (SSSR count). The molecule has 0 amide bonds. The number of fused-ring (bicyclic) bond motifs is 1. The molecule has 0 bridgehead atoms. The standard InChI is InChI=1S/C17H12N2/c18-16-5-1-3-13(11-16)6-7-14-8-9-15-4-2-10-19-17(15)12-14/h1-5,8-12H,18H2. The van der Waals surface area contributed by atoms with Gasteiger partial charge in [0, 0.05) is 28.4 Å². The number of hydrogen-bond acceptors (Lipinski definition) is 2. The van der Waals surface area contributed by atoms with Crippen LogP contribution in [0.5, 0.6) is 0 Å². The molecular weight excluding hydrogens is 232 g/mol. The molecule has 3 aromatic rings. The first-order chi connectivity index (χ1) is 9.31. The summed E-state index contributed by atoms with van der Waals surface area (Å²) in [7, 11) is 0. The molecule has 1 heterocycles. The van der Waals surface area contributed by atoms with E-state index < -0.39 is 0 Å². The van der Waals surface area contributed by atoms with Crippen molar-refractivity contribution in [3.05, 3.63) is 71.9 Å². The van der Waals surface area contributed by atoms with Gasteiger partial charge in [-0.25, -0.2) is 0 Å². The van der Waals surface area contributed by atoms with E-state index in [2.05, 4.69) is 16.8 Å². The molecule has 90 valence electrons. The lowest BCUT2D eigenvalue weighted by Crippen LogP contribution is -1.84. The Kier molecular flexibility index (Phi) is 2.88. The molecule has 0 saturated carbocycles. The van der Waals surface area contributed by atoms with Crippen molar-refractivity contribution < 1.29 is 0 Å². The van der Waals surface area contributed by atoms with Crippen LogP contribution in [0.1, 0.15) is 11.1 Å². The fraction of sp³-hybridized carbons (Fsp3) is 0. The Morgan fingerprint density at radius 2 is 1.68 bits per heavy atom. The summed E-state index contributed by atoms with van der Waals surface area (Å²) >= 11 is 0. The molecule has 2 N–H and O–H groups in total. The number of nitrogens with two attached hydrogens (primary N) is 1. The zero-order chi connectivity index (χ0) is 13.1. The van der Waals surface area contributed by atoms with Gasteiger partial charge in [-0.3, -0.25) is 4.98 Å². The van der Waals surface area contributed by atoms with E-state index in [4.69, 9.17) is 5.73 Å². The predicted octanol–water partition coefficient (Wildman–Crippen LogP) is 3.22. The maximum Gasteiger partial charge on any atom is 0.0714 e. The highest BCUT2D eigenvalue weighted by molar-refractivity contribution is 5.79. The first kappa shape index (κ1) is 11.3. The van der Waals surface area contributed by atoms with E-state index in [1.807, 2.05) is 54.6 Å². The Hall–Kier alpha value is -2.79. The van der Waals surface area contributed by atoms with Crippen LogP contribution >= 0.6 is 0 Å². The van der Waals surface area contributed by atoms with Gasteiger partial charge in [-0.2, -0.15) is 0 Å². The van der Waals surface area contributed by atoms with E-state index in [0.717, 1.165) is 27.7 Å². The number of hydrogen-bond donors (Lipinski definition) is 1. The number of aromatic nitrogens is 1. The second-order valence-corrected chi connectivity index (χ2v) is 4.29. The summed E-state index contributed by atoms with van der Waals surface area (Å²) in [6.07, 6.45) is 1.79. The normalized spacial score (nSPS) is 9.89. The second-order valence-electron chi connectivity index (χ2n) is 4.29. The fourth-order valence-corrected chi connectivity index (χ4v) is 1.90. The van der Waals surface area contributed by atoms with E-state index in [9.17, 15) is 0 Å². The number of pyridine rings is 1. The SMILES string of the molecule is Nc1cccc(C#Cc2ccc3cccnc3c2)c1. The van der Waals surface area contributed by atoms with E-state index in [-0.39, 0.29) is 0 Å². The van der Waals surface area contributed by atoms with Gasteiger partial charge in [0.2, 0.25) is 0 Å². The largest absolute Gasteiger partial charge is 0.399 e. The van der Waals surface area contributed by atoms with Crippen molar-refractivity contribution in [3.8, 4) is 11.8 Å². The monoisotopic (exact) mass is 244 g/mol. The van der Waals surface area contributed by atoms with Crippen molar-refractivity contribution in [2.24, 2.45) is 0 Å². The quantitative estimate of drug-likeness (QED) is 0.487. The van der Waals surface area contributed by atoms with Crippen molar-refractivity contribution in [3.63, 3.8) is 0 Å². The molecule has 0 unspecified atom stereocenters. The highest BCUT2D eigenvalue weighted by atomic mass is 14.6. The average Bonchev–Trinajstić information content (AvgIpc) is 2.45. The smallest absolute Gasteiger partial charge is 0.0714 e. The van der Waals surface area contributed by atoms with Gasteiger partial charge in [-0.05, 0) is 36.4 Å². The molecule has 0 aliphatic rings. The van der Waals surface area contributed by atoms with Crippen molar-refractivity contribution in [1.29, 1.82) is 0 Å². The van der Waals surface area contributed by atoms with Gasteiger partial charge >= 0.3 is 0 Å². The van der Waals surface area contributed by atoms with Crippen LogP contribution < -0.4 is 5.73 Å². The van der Waals surface area contributed by atoms with Crippen LogP contribution in [-0.2, 0) is 0 Å². The Labute approximate surface area is 111 Å². The second kappa shape index (κ2) is 4.83. The minimum Gasteiger partial charge on any atom is -0.399 e. The predicted molar refractivity (Wildman–Crippen MR) is 78.6 cm³/mol. The summed E-state index contributed by atoms with van der Waals surface area (Å²) in [5.41, 5.74) is 9.28. The third-order valence-corrected chi connectivity index (χ3v) is 2.84. The van der Waals surface area contributed by atoms with Gasteiger partial charge < -0.3 is 5.73 Å². The number of nitrogens with zero attached hydrogens (tertiary/aromatic N) is 1. The number of nitrogen functional groups attached to an aromatic ring is 1. The van der Waals surface area contributed by atoms with Gasteiger partial charge in [0.05, 0.1) is 5.52 Å². The molecule has 0 atom stereocenters. The minimum atomic E-state index is 0.729. The van der Waals surface area contributed by atoms with Crippen LogP contribution in [0.4, 0.5) is 5.69 Å². The van der Waals surface area contributed by atoms with Crippen molar-refractivity contribution in [1.82, 2.24) is 4.98 Å². The Bertz CT molecular complexity index is 795. The summed E-state index contributed by atoms with van der Waals surface area (Å²) in [6.45, 7) is 0. The topological polar surface area (TPSA) is 38.9 Å². The lowest BCUT2D eigenvalue weighted by atomic mass is 10.1. The lowest BCUT2D eigenvalue weighted by Gasteiger charge is -1.96. The van der Waals surface area contributed by atoms with Crippen molar-refractivity contribution >= 4 is 16.6 Å². The Morgan fingerprint density at radius 1 is 0.842 bits per heavy atom. The molecule has 0 aliphatic carbocycles. The maximum atomic E-state index is 5.72. The summed E-state index contributed by atoms with van der Waals surface area (Å²) in [5, 5.41) is 1.12. The molecule has 0 aliphatic heterocycles. The van der Waals surface area contributed by atoms with E-state index >= 15 is 0 Å². The molecule has 2 heteroatoms. The number of anilines is 1. The molecular formula is C17H12N2. The third-order valence-electron chi connectivity index (χ3n) is 2.84. The Morgan fingerprint density at radius 3 is 2.53 bits per heavy atom. The molecule has 0 saturated heterocycles. The van der Waals surface area contributed by atoms with E-state index in [1.165, 1.54) is 0 Å². The van der Waals surface area contributed by atoms with Crippen LogP contribution in [0.3, 0.4) is 0 Å². The van der Waals surface area contributed by atoms with Gasteiger partial charge in [-0.15, -0.1) is 0 Å². The van der Waals surface area contributed by atoms with Crippen LogP contribution in [0, 0.1) is 11.8 Å². The molecule has 2 aromatic carbocycles. The average molecular weight is 244 g/mol. The van der Waals surface area contributed by atoms with Crippen molar-refractivity contribution in [2.45, 2.75) is 0 Å². The zero-order valence-corrected chi connectivity index (χ0v) is 10.3. The van der Waals surface area contributed by atoms with Crippen molar-refractivity contribution in [2.75, 3.05) is 5.73 Å². The summed E-state index contributed by atoms with van der Waals surface area (Å²) in [6, 6.07) is 17.6. The zero-order valence-electron chi connectivity index (χ0n) is 10.3.